The Bertz CT molecular complexity index is 734. The molecule has 2 aromatic rings. The summed E-state index contributed by atoms with van der Waals surface area (Å²) in [6.45, 7) is 4.23. The van der Waals surface area contributed by atoms with E-state index in [0.717, 1.165) is 44.6 Å². The zero-order valence-electron chi connectivity index (χ0n) is 16.0. The largest absolute Gasteiger partial charge is 0.338 e. The summed E-state index contributed by atoms with van der Waals surface area (Å²) in [7, 11) is 0. The highest BCUT2D eigenvalue weighted by Crippen LogP contribution is 2.28. The molecule has 0 unspecified atom stereocenters. The van der Waals surface area contributed by atoms with Crippen LogP contribution < -0.4 is 0 Å². The summed E-state index contributed by atoms with van der Waals surface area (Å²) in [6.07, 6.45) is 8.78. The molecule has 3 aliphatic heterocycles. The molecule has 2 atom stereocenters. The maximum absolute atomic E-state index is 12.9. The molecule has 3 fully saturated rings. The number of piperidine rings is 1. The van der Waals surface area contributed by atoms with E-state index < -0.39 is 0 Å². The third-order valence-electron chi connectivity index (χ3n) is 5.97. The van der Waals surface area contributed by atoms with Crippen LogP contribution >= 0.6 is 0 Å². The first kappa shape index (κ1) is 18.2. The van der Waals surface area contributed by atoms with Crippen LogP contribution in [0.5, 0.6) is 0 Å². The summed E-state index contributed by atoms with van der Waals surface area (Å²) in [5.41, 5.74) is 2.44. The fourth-order valence-electron chi connectivity index (χ4n) is 4.60. The van der Waals surface area contributed by atoms with E-state index in [-0.39, 0.29) is 5.91 Å². The van der Waals surface area contributed by atoms with E-state index in [1.807, 2.05) is 18.3 Å². The zero-order chi connectivity index (χ0) is 18.5. The predicted octanol–water partition coefficient (Wildman–Crippen LogP) is 3.18. The lowest BCUT2D eigenvalue weighted by molar-refractivity contribution is -0.134. The third kappa shape index (κ3) is 4.75. The van der Waals surface area contributed by atoms with Crippen molar-refractivity contribution in [1.29, 1.82) is 0 Å². The number of amides is 1. The van der Waals surface area contributed by atoms with Gasteiger partial charge in [-0.05, 0) is 55.3 Å². The number of fused-ring (bicyclic) bond motifs is 4. The molecule has 0 saturated carbocycles. The van der Waals surface area contributed by atoms with E-state index in [4.69, 9.17) is 0 Å². The molecule has 27 heavy (non-hydrogen) atoms. The zero-order valence-corrected chi connectivity index (χ0v) is 16.0. The van der Waals surface area contributed by atoms with Gasteiger partial charge in [0.2, 0.25) is 5.91 Å². The van der Waals surface area contributed by atoms with Gasteiger partial charge in [-0.1, -0.05) is 36.4 Å². The Morgan fingerprint density at radius 3 is 2.67 bits per heavy atom. The molecule has 3 aliphatic rings. The molecule has 4 heteroatoms. The molecule has 0 radical (unpaired) electrons. The van der Waals surface area contributed by atoms with Crippen molar-refractivity contribution in [3.05, 3.63) is 66.0 Å². The summed E-state index contributed by atoms with van der Waals surface area (Å²) >= 11 is 0. The Hall–Kier alpha value is -2.20. The number of hydrogen-bond donors (Lipinski definition) is 0. The lowest BCUT2D eigenvalue weighted by Gasteiger charge is -2.36. The molecule has 1 amide bonds. The number of rotatable bonds is 6. The first-order chi connectivity index (χ1) is 13.3. The predicted molar refractivity (Wildman–Crippen MR) is 107 cm³/mol. The Labute approximate surface area is 162 Å². The number of aromatic nitrogens is 1. The minimum Gasteiger partial charge on any atom is -0.338 e. The molecule has 0 N–H and O–H groups in total. The number of hydrogen-bond acceptors (Lipinski definition) is 3. The third-order valence-corrected chi connectivity index (χ3v) is 5.97. The van der Waals surface area contributed by atoms with Crippen molar-refractivity contribution in [2.45, 2.75) is 38.1 Å². The van der Waals surface area contributed by atoms with E-state index >= 15 is 0 Å². The highest BCUT2D eigenvalue weighted by molar-refractivity contribution is 5.79. The molecular weight excluding hydrogens is 334 g/mol. The fourth-order valence-corrected chi connectivity index (χ4v) is 4.60. The number of pyridine rings is 1. The number of nitrogens with zero attached hydrogens (tertiary/aromatic N) is 3. The van der Waals surface area contributed by atoms with E-state index in [9.17, 15) is 4.79 Å². The SMILES string of the molecule is O=C(Cc1cccnc1)N1C[C@H]2CC[C@@H]1CN(CCCc1ccccc1)C2. The van der Waals surface area contributed by atoms with Crippen molar-refractivity contribution >= 4 is 5.91 Å². The second-order valence-corrected chi connectivity index (χ2v) is 8.03. The van der Waals surface area contributed by atoms with Crippen LogP contribution in [-0.4, -0.2) is 52.9 Å². The average Bonchev–Trinajstić information content (AvgIpc) is 3.01. The molecule has 4 heterocycles. The van der Waals surface area contributed by atoms with Crippen LogP contribution in [0.4, 0.5) is 0 Å². The number of carbonyl (C=O) groups is 1. The van der Waals surface area contributed by atoms with Gasteiger partial charge in [0.1, 0.15) is 0 Å². The highest BCUT2D eigenvalue weighted by Gasteiger charge is 2.36. The van der Waals surface area contributed by atoms with E-state index in [0.29, 0.717) is 18.4 Å². The first-order valence-electron chi connectivity index (χ1n) is 10.2. The van der Waals surface area contributed by atoms with Crippen LogP contribution in [0.3, 0.4) is 0 Å². The maximum atomic E-state index is 12.9. The average molecular weight is 364 g/mol. The second-order valence-electron chi connectivity index (χ2n) is 8.03. The standard InChI is InChI=1S/C23H29N3O/c27-23(14-20-8-4-12-24-15-20)26-17-21-10-11-22(26)18-25(16-21)13-5-9-19-6-2-1-3-7-19/h1-4,6-8,12,15,21-22H,5,9-11,13-14,16-18H2/t21-,22+/m0/s1. The monoisotopic (exact) mass is 363 g/mol. The minimum absolute atomic E-state index is 0.267. The lowest BCUT2D eigenvalue weighted by atomic mass is 9.94. The summed E-state index contributed by atoms with van der Waals surface area (Å²) in [5.74, 6) is 0.891. The van der Waals surface area contributed by atoms with Gasteiger partial charge in [-0.2, -0.15) is 0 Å². The maximum Gasteiger partial charge on any atom is 0.227 e. The summed E-state index contributed by atoms with van der Waals surface area (Å²) in [4.78, 5) is 21.8. The van der Waals surface area contributed by atoms with Crippen LogP contribution in [-0.2, 0) is 17.6 Å². The van der Waals surface area contributed by atoms with Gasteiger partial charge in [0.15, 0.2) is 0 Å². The van der Waals surface area contributed by atoms with Crippen molar-refractivity contribution in [3.63, 3.8) is 0 Å². The van der Waals surface area contributed by atoms with Crippen LogP contribution in [0.1, 0.15) is 30.4 Å². The molecule has 0 spiro atoms. The highest BCUT2D eigenvalue weighted by atomic mass is 16.2. The molecule has 5 rings (SSSR count). The molecule has 1 aromatic heterocycles. The van der Waals surface area contributed by atoms with Crippen LogP contribution in [0.15, 0.2) is 54.9 Å². The van der Waals surface area contributed by atoms with Crippen molar-refractivity contribution in [3.8, 4) is 0 Å². The van der Waals surface area contributed by atoms with E-state index in [1.54, 1.807) is 6.20 Å². The Balaban J connectivity index is 1.32. The fraction of sp³-hybridized carbons (Fsp3) is 0.478. The van der Waals surface area contributed by atoms with Gasteiger partial charge in [-0.15, -0.1) is 0 Å². The van der Waals surface area contributed by atoms with E-state index in [2.05, 4.69) is 45.1 Å². The lowest BCUT2D eigenvalue weighted by Crippen LogP contribution is -2.48. The van der Waals surface area contributed by atoms with Crippen LogP contribution in [0.25, 0.3) is 0 Å². The molecular formula is C23H29N3O. The molecule has 3 saturated heterocycles. The van der Waals surface area contributed by atoms with Crippen LogP contribution in [0, 0.1) is 5.92 Å². The molecule has 0 aliphatic carbocycles. The van der Waals surface area contributed by atoms with Crippen molar-refractivity contribution in [2.75, 3.05) is 26.2 Å². The topological polar surface area (TPSA) is 36.4 Å². The van der Waals surface area contributed by atoms with Gasteiger partial charge < -0.3 is 9.80 Å². The van der Waals surface area contributed by atoms with Gasteiger partial charge in [-0.3, -0.25) is 9.78 Å². The smallest absolute Gasteiger partial charge is 0.227 e. The van der Waals surface area contributed by atoms with Gasteiger partial charge in [0.25, 0.3) is 0 Å². The Morgan fingerprint density at radius 1 is 1.00 bits per heavy atom. The first-order valence-corrected chi connectivity index (χ1v) is 10.2. The van der Waals surface area contributed by atoms with Gasteiger partial charge in [0.05, 0.1) is 6.42 Å². The summed E-state index contributed by atoms with van der Waals surface area (Å²) in [5, 5.41) is 0. The number of aryl methyl sites for hydroxylation is 1. The minimum atomic E-state index is 0.267. The quantitative estimate of drug-likeness (QED) is 0.791. The van der Waals surface area contributed by atoms with Crippen molar-refractivity contribution in [1.82, 2.24) is 14.8 Å². The van der Waals surface area contributed by atoms with Gasteiger partial charge in [0, 0.05) is 38.1 Å². The summed E-state index contributed by atoms with van der Waals surface area (Å²) in [6, 6.07) is 15.0. The van der Waals surface area contributed by atoms with Gasteiger partial charge in [-0.25, -0.2) is 0 Å². The van der Waals surface area contributed by atoms with Crippen molar-refractivity contribution in [2.24, 2.45) is 5.92 Å². The van der Waals surface area contributed by atoms with Gasteiger partial charge >= 0.3 is 0 Å². The Kier molecular flexibility index (Phi) is 5.83. The molecule has 1 aromatic carbocycles. The molecule has 4 nitrogen and oxygen atoms in total. The molecule has 2 bridgehead atoms. The number of benzene rings is 1. The second kappa shape index (κ2) is 8.66. The van der Waals surface area contributed by atoms with Crippen LogP contribution in [0.2, 0.25) is 0 Å². The van der Waals surface area contributed by atoms with E-state index in [1.165, 1.54) is 18.4 Å². The van der Waals surface area contributed by atoms with Crippen molar-refractivity contribution < 1.29 is 4.79 Å². The summed E-state index contributed by atoms with van der Waals surface area (Å²) < 4.78 is 0. The number of carbonyl (C=O) groups excluding carboxylic acids is 1. The normalized spacial score (nSPS) is 22.6. The Morgan fingerprint density at radius 2 is 1.85 bits per heavy atom. The molecule has 142 valence electrons.